The van der Waals surface area contributed by atoms with Gasteiger partial charge in [-0.05, 0) is 30.7 Å². The van der Waals surface area contributed by atoms with E-state index in [0.717, 1.165) is 10.5 Å². The summed E-state index contributed by atoms with van der Waals surface area (Å²) >= 11 is 1.61. The lowest BCUT2D eigenvalue weighted by molar-refractivity contribution is -0.145. The molecular formula is C18H20O5S2. The summed E-state index contributed by atoms with van der Waals surface area (Å²) in [5.74, 6) is 0.257. The van der Waals surface area contributed by atoms with E-state index in [2.05, 4.69) is 0 Å². The Balaban J connectivity index is 1.77. The summed E-state index contributed by atoms with van der Waals surface area (Å²) in [6.07, 6.45) is 0. The van der Waals surface area contributed by atoms with E-state index in [1.807, 2.05) is 36.4 Å². The van der Waals surface area contributed by atoms with Crippen molar-refractivity contribution in [3.8, 4) is 5.75 Å². The van der Waals surface area contributed by atoms with Crippen molar-refractivity contribution in [1.29, 1.82) is 0 Å². The number of carbonyl (C=O) groups excluding carboxylic acids is 1. The molecule has 5 nitrogen and oxygen atoms in total. The molecule has 7 heteroatoms. The first kappa shape index (κ1) is 18.1. The van der Waals surface area contributed by atoms with Gasteiger partial charge in [-0.3, -0.25) is 9.11 Å². The van der Waals surface area contributed by atoms with Crippen LogP contribution in [0.3, 0.4) is 0 Å². The largest absolute Gasteiger partial charge is 0.482 e. The number of ether oxygens (including phenoxy) is 2. The van der Waals surface area contributed by atoms with E-state index < -0.39 is 16.6 Å². The zero-order chi connectivity index (χ0) is 17.9. The molecule has 2 aromatic carbocycles. The highest BCUT2D eigenvalue weighted by Crippen LogP contribution is 2.63. The molecule has 0 amide bonds. The maximum absolute atomic E-state index is 11.4. The van der Waals surface area contributed by atoms with Crippen molar-refractivity contribution in [2.24, 2.45) is 0 Å². The summed E-state index contributed by atoms with van der Waals surface area (Å²) in [6.45, 7) is 1.83. The van der Waals surface area contributed by atoms with E-state index in [-0.39, 0.29) is 17.6 Å². The van der Waals surface area contributed by atoms with Gasteiger partial charge in [0, 0.05) is 11.0 Å². The monoisotopic (exact) mass is 380 g/mol. The molecule has 0 fully saturated rings. The van der Waals surface area contributed by atoms with Gasteiger partial charge in [0.1, 0.15) is 5.75 Å². The lowest BCUT2D eigenvalue weighted by Gasteiger charge is -2.27. The first-order valence-corrected chi connectivity index (χ1v) is 10.5. The quantitative estimate of drug-likeness (QED) is 0.714. The average molecular weight is 380 g/mol. The third-order valence-corrected chi connectivity index (χ3v) is 7.07. The highest BCUT2D eigenvalue weighted by Gasteiger charge is 2.36. The van der Waals surface area contributed by atoms with Crippen molar-refractivity contribution >= 4 is 28.3 Å². The van der Waals surface area contributed by atoms with Gasteiger partial charge >= 0.3 is 5.97 Å². The van der Waals surface area contributed by atoms with Crippen molar-refractivity contribution in [3.63, 3.8) is 0 Å². The van der Waals surface area contributed by atoms with Gasteiger partial charge in [0.15, 0.2) is 6.61 Å². The molecule has 1 heterocycles. The first-order chi connectivity index (χ1) is 12.0. The second kappa shape index (κ2) is 7.70. The highest BCUT2D eigenvalue weighted by atomic mass is 32.3. The molecule has 0 aliphatic carbocycles. The number of thioether (sulfide) groups is 1. The second-order valence-corrected chi connectivity index (χ2v) is 8.93. The lowest BCUT2D eigenvalue weighted by atomic mass is 10.1. The van der Waals surface area contributed by atoms with Crippen molar-refractivity contribution in [3.05, 3.63) is 54.1 Å². The Morgan fingerprint density at radius 1 is 1.24 bits per heavy atom. The maximum atomic E-state index is 11.4. The van der Waals surface area contributed by atoms with E-state index in [9.17, 15) is 13.9 Å². The van der Waals surface area contributed by atoms with Crippen LogP contribution in [0.5, 0.6) is 5.75 Å². The minimum absolute atomic E-state index is 0.0264. The molecule has 1 atom stereocenters. The van der Waals surface area contributed by atoms with Gasteiger partial charge in [-0.2, -0.15) is 10.6 Å². The molecule has 0 spiro atoms. The smallest absolute Gasteiger partial charge is 0.344 e. The van der Waals surface area contributed by atoms with Gasteiger partial charge in [0.05, 0.1) is 22.5 Å². The fraction of sp³-hybridized carbons (Fsp3) is 0.278. The Morgan fingerprint density at radius 2 is 2.00 bits per heavy atom. The maximum Gasteiger partial charge on any atom is 0.344 e. The van der Waals surface area contributed by atoms with Crippen LogP contribution in [0.2, 0.25) is 0 Å². The van der Waals surface area contributed by atoms with Crippen molar-refractivity contribution in [2.45, 2.75) is 22.0 Å². The molecule has 1 unspecified atom stereocenters. The summed E-state index contributed by atoms with van der Waals surface area (Å²) in [5.41, 5.74) is 0.900. The molecule has 0 aromatic heterocycles. The number of carbonyl (C=O) groups is 1. The Bertz CT molecular complexity index is 748. The molecule has 2 aromatic rings. The normalized spacial score (nSPS) is 19.1. The van der Waals surface area contributed by atoms with Crippen molar-refractivity contribution in [2.75, 3.05) is 19.0 Å². The molecule has 134 valence electrons. The minimum atomic E-state index is -2.86. The summed E-state index contributed by atoms with van der Waals surface area (Å²) in [5, 5.41) is -0.0264. The third kappa shape index (κ3) is 4.30. The molecule has 3 rings (SSSR count). The van der Waals surface area contributed by atoms with E-state index in [0.29, 0.717) is 17.3 Å². The Morgan fingerprint density at radius 3 is 2.72 bits per heavy atom. The van der Waals surface area contributed by atoms with E-state index in [1.54, 1.807) is 30.8 Å². The molecule has 1 aliphatic heterocycles. The molecule has 0 saturated heterocycles. The number of rotatable bonds is 6. The molecule has 1 aliphatic rings. The van der Waals surface area contributed by atoms with Gasteiger partial charge in [0.25, 0.3) is 0 Å². The molecular weight excluding hydrogens is 360 g/mol. The van der Waals surface area contributed by atoms with E-state index >= 15 is 0 Å². The summed E-state index contributed by atoms with van der Waals surface area (Å²) in [7, 11) is -2.86. The third-order valence-electron chi connectivity index (χ3n) is 3.75. The zero-order valence-corrected chi connectivity index (χ0v) is 15.4. The van der Waals surface area contributed by atoms with Crippen LogP contribution in [0.15, 0.2) is 58.3 Å². The van der Waals surface area contributed by atoms with Crippen LogP contribution in [-0.2, 0) is 9.53 Å². The summed E-state index contributed by atoms with van der Waals surface area (Å²) in [4.78, 5) is 13.0. The highest BCUT2D eigenvalue weighted by molar-refractivity contribution is 8.25. The standard InChI is InChI=1S/C18H20O5S2/c1-2-22-18(19)11-23-13-8-9-15-16(12-25(20,21)17(15)10-13)24-14-6-4-3-5-7-14/h3-10,16,20-21H,2,11-12H2,1H3. The molecule has 0 radical (unpaired) electrons. The van der Waals surface area contributed by atoms with E-state index in [1.165, 1.54) is 0 Å². The first-order valence-electron chi connectivity index (χ1n) is 7.89. The van der Waals surface area contributed by atoms with Crippen LogP contribution in [0, 0.1) is 0 Å². The number of benzene rings is 2. The van der Waals surface area contributed by atoms with E-state index in [4.69, 9.17) is 9.47 Å². The van der Waals surface area contributed by atoms with Gasteiger partial charge in [-0.25, -0.2) is 4.79 Å². The predicted molar refractivity (Wildman–Crippen MR) is 99.6 cm³/mol. The van der Waals surface area contributed by atoms with Gasteiger partial charge < -0.3 is 9.47 Å². The second-order valence-electron chi connectivity index (χ2n) is 5.55. The van der Waals surface area contributed by atoms with Crippen molar-refractivity contribution in [1.82, 2.24) is 0 Å². The van der Waals surface area contributed by atoms with Gasteiger partial charge in [-0.15, -0.1) is 11.8 Å². The van der Waals surface area contributed by atoms with Crippen LogP contribution in [-0.4, -0.2) is 34.0 Å². The topological polar surface area (TPSA) is 76.0 Å². The fourth-order valence-electron chi connectivity index (χ4n) is 2.65. The van der Waals surface area contributed by atoms with Gasteiger partial charge in [-0.1, -0.05) is 24.3 Å². The number of esters is 1. The average Bonchev–Trinajstić information content (AvgIpc) is 2.84. The zero-order valence-electron chi connectivity index (χ0n) is 13.8. The fourth-order valence-corrected chi connectivity index (χ4v) is 6.22. The molecule has 25 heavy (non-hydrogen) atoms. The van der Waals surface area contributed by atoms with Crippen LogP contribution < -0.4 is 4.74 Å². The minimum Gasteiger partial charge on any atom is -0.482 e. The predicted octanol–water partition coefficient (Wildman–Crippen LogP) is 4.59. The summed E-state index contributed by atoms with van der Waals surface area (Å²) in [6, 6.07) is 15.1. The number of hydrogen-bond donors (Lipinski definition) is 2. The SMILES string of the molecule is CCOC(=O)COc1ccc2c(c1)S(O)(O)CC2Sc1ccccc1. The van der Waals surface area contributed by atoms with Crippen molar-refractivity contribution < 1.29 is 23.4 Å². The lowest BCUT2D eigenvalue weighted by Crippen LogP contribution is -2.14. The Kier molecular flexibility index (Phi) is 5.58. The Hall–Kier alpha value is -1.67. The molecule has 2 N–H and O–H groups in total. The van der Waals surface area contributed by atoms with Crippen LogP contribution in [0.4, 0.5) is 0 Å². The van der Waals surface area contributed by atoms with Crippen LogP contribution >= 0.6 is 22.4 Å². The van der Waals surface area contributed by atoms with Crippen LogP contribution in [0.1, 0.15) is 17.7 Å². The van der Waals surface area contributed by atoms with Gasteiger partial charge in [0.2, 0.25) is 0 Å². The Labute approximate surface area is 152 Å². The van der Waals surface area contributed by atoms with Crippen LogP contribution in [0.25, 0.3) is 0 Å². The summed E-state index contributed by atoms with van der Waals surface area (Å²) < 4.78 is 31.1. The number of hydrogen-bond acceptors (Lipinski definition) is 6. The number of fused-ring (bicyclic) bond motifs is 1. The molecule has 0 bridgehead atoms. The molecule has 0 saturated carbocycles.